The number of carbonyl (C=O) groups is 1. The van der Waals surface area contributed by atoms with Gasteiger partial charge in [-0.15, -0.1) is 0 Å². The van der Waals surface area contributed by atoms with Crippen LogP contribution in [0.4, 0.5) is 0 Å². The Morgan fingerprint density at radius 3 is 2.05 bits per heavy atom. The van der Waals surface area contributed by atoms with Gasteiger partial charge in [-0.1, -0.05) is 24.3 Å². The van der Waals surface area contributed by atoms with Crippen LogP contribution >= 0.6 is 0 Å². The molecule has 3 rings (SSSR count). The first-order chi connectivity index (χ1) is 10.5. The van der Waals surface area contributed by atoms with Gasteiger partial charge in [-0.2, -0.15) is 0 Å². The number of esters is 1. The van der Waals surface area contributed by atoms with Crippen molar-refractivity contribution < 1.29 is 24.9 Å². The van der Waals surface area contributed by atoms with Crippen molar-refractivity contribution in [1.29, 1.82) is 0 Å². The van der Waals surface area contributed by atoms with Gasteiger partial charge in [-0.05, 0) is 47.2 Å². The third-order valence-corrected chi connectivity index (χ3v) is 3.20. The van der Waals surface area contributed by atoms with Crippen molar-refractivity contribution in [2.24, 2.45) is 0 Å². The first-order valence-electron chi connectivity index (χ1n) is 6.48. The molecular weight excluding hydrogens is 284 g/mol. The number of carbonyl (C=O) groups excluding carboxylic acids is 1. The first kappa shape index (κ1) is 13.8. The molecule has 2 aromatic rings. The zero-order valence-corrected chi connectivity index (χ0v) is 11.3. The molecule has 0 saturated heterocycles. The number of phenols is 2. The molecule has 0 atom stereocenters. The predicted molar refractivity (Wildman–Crippen MR) is 77.2 cm³/mol. The minimum atomic E-state index is -0.722. The van der Waals surface area contributed by atoms with Crippen LogP contribution in [0.1, 0.15) is 11.1 Å². The highest BCUT2D eigenvalue weighted by Crippen LogP contribution is 2.31. The predicted octanol–water partition coefficient (Wildman–Crippen LogP) is 1.77. The number of phenolic OH excluding ortho intramolecular Hbond substituents is 2. The van der Waals surface area contributed by atoms with Gasteiger partial charge in [0, 0.05) is 0 Å². The lowest BCUT2D eigenvalue weighted by Gasteiger charge is -2.09. The molecule has 2 aromatic carbocycles. The maximum atomic E-state index is 12.3. The van der Waals surface area contributed by atoms with Crippen molar-refractivity contribution in [2.45, 2.75) is 0 Å². The second kappa shape index (κ2) is 5.29. The quantitative estimate of drug-likeness (QED) is 0.824. The molecule has 0 saturated carbocycles. The van der Waals surface area contributed by atoms with Gasteiger partial charge in [0.15, 0.2) is 0 Å². The van der Waals surface area contributed by atoms with Gasteiger partial charge in [-0.25, -0.2) is 4.79 Å². The Hall–Kier alpha value is -3.21. The van der Waals surface area contributed by atoms with Crippen molar-refractivity contribution in [1.82, 2.24) is 0 Å². The van der Waals surface area contributed by atoms with Crippen LogP contribution in [-0.4, -0.2) is 16.2 Å². The van der Waals surface area contributed by atoms with Crippen LogP contribution in [0.5, 0.6) is 11.5 Å². The number of hydrogen-bond acceptors (Lipinski definition) is 5. The molecule has 0 unspecified atom stereocenters. The van der Waals surface area contributed by atoms with E-state index in [0.717, 1.165) is 0 Å². The van der Waals surface area contributed by atoms with Crippen molar-refractivity contribution in [2.75, 3.05) is 0 Å². The topological polar surface area (TPSA) is 89.8 Å². The van der Waals surface area contributed by atoms with Crippen LogP contribution in [0.3, 0.4) is 0 Å². The van der Waals surface area contributed by atoms with Gasteiger partial charge >= 0.3 is 5.97 Å². The zero-order chi connectivity index (χ0) is 15.7. The normalized spacial score (nSPS) is 16.2. The summed E-state index contributed by atoms with van der Waals surface area (Å²) in [4.78, 5) is 11.9. The molecule has 0 radical (unpaired) electrons. The summed E-state index contributed by atoms with van der Waals surface area (Å²) in [5.41, 5.74) is 0.952. The van der Waals surface area contributed by atoms with E-state index in [1.807, 2.05) is 0 Å². The molecule has 110 valence electrons. The molecule has 0 aliphatic carbocycles. The number of aromatic hydroxyl groups is 2. The van der Waals surface area contributed by atoms with E-state index in [1.165, 1.54) is 42.5 Å². The maximum Gasteiger partial charge on any atom is 0.343 e. The molecule has 1 heterocycles. The molecule has 0 bridgehead atoms. The van der Waals surface area contributed by atoms with Crippen molar-refractivity contribution in [3.8, 4) is 11.5 Å². The fourth-order valence-electron chi connectivity index (χ4n) is 2.11. The highest BCUT2D eigenvalue weighted by atomic mass is 16.6. The van der Waals surface area contributed by atoms with Crippen LogP contribution < -0.4 is 5.11 Å². The molecule has 1 aliphatic heterocycles. The Balaban J connectivity index is 2.00. The Morgan fingerprint density at radius 1 is 0.909 bits per heavy atom. The summed E-state index contributed by atoms with van der Waals surface area (Å²) in [6.07, 6.45) is 1.44. The molecular formula is C17H11O5-. The summed E-state index contributed by atoms with van der Waals surface area (Å²) in [7, 11) is 0. The van der Waals surface area contributed by atoms with Gasteiger partial charge in [-0.3, -0.25) is 0 Å². The lowest BCUT2D eigenvalue weighted by atomic mass is 10.0. The fraction of sp³-hybridized carbons (Fsp3) is 0. The van der Waals surface area contributed by atoms with Crippen LogP contribution in [-0.2, 0) is 9.53 Å². The van der Waals surface area contributed by atoms with Crippen LogP contribution in [0.15, 0.2) is 60.0 Å². The second-order valence-corrected chi connectivity index (χ2v) is 4.74. The molecule has 2 N–H and O–H groups in total. The van der Waals surface area contributed by atoms with E-state index in [-0.39, 0.29) is 22.8 Å². The van der Waals surface area contributed by atoms with E-state index < -0.39 is 11.7 Å². The molecule has 22 heavy (non-hydrogen) atoms. The van der Waals surface area contributed by atoms with E-state index in [4.69, 9.17) is 4.74 Å². The number of ether oxygens (including phenoxy) is 1. The summed E-state index contributed by atoms with van der Waals surface area (Å²) in [6, 6.07) is 11.9. The molecule has 0 amide bonds. The Kier molecular flexibility index (Phi) is 3.31. The summed E-state index contributed by atoms with van der Waals surface area (Å²) in [5.74, 6) is -1.15. The third-order valence-electron chi connectivity index (χ3n) is 3.20. The number of rotatable bonds is 2. The SMILES string of the molecule is O=C1O/C(=C\c2ccc(O)cc2)C([O-])=C1c1ccc(O)cc1. The van der Waals surface area contributed by atoms with Crippen molar-refractivity contribution in [3.63, 3.8) is 0 Å². The summed E-state index contributed by atoms with van der Waals surface area (Å²) in [5, 5.41) is 30.8. The second-order valence-electron chi connectivity index (χ2n) is 4.74. The summed E-state index contributed by atoms with van der Waals surface area (Å²) >= 11 is 0. The van der Waals surface area contributed by atoms with E-state index in [0.29, 0.717) is 11.1 Å². The minimum absolute atomic E-state index is 0.0445. The summed E-state index contributed by atoms with van der Waals surface area (Å²) < 4.78 is 5.02. The van der Waals surface area contributed by atoms with Crippen LogP contribution in [0, 0.1) is 0 Å². The number of hydrogen-bond donors (Lipinski definition) is 2. The average Bonchev–Trinajstić information content (AvgIpc) is 2.77. The average molecular weight is 295 g/mol. The maximum absolute atomic E-state index is 12.3. The Bertz CT molecular complexity index is 783. The van der Waals surface area contributed by atoms with Gasteiger partial charge in [0.05, 0.1) is 5.57 Å². The minimum Gasteiger partial charge on any atom is -0.869 e. The zero-order valence-electron chi connectivity index (χ0n) is 11.3. The Morgan fingerprint density at radius 2 is 1.45 bits per heavy atom. The van der Waals surface area contributed by atoms with Gasteiger partial charge in [0.2, 0.25) is 0 Å². The van der Waals surface area contributed by atoms with Crippen molar-refractivity contribution in [3.05, 3.63) is 71.2 Å². The van der Waals surface area contributed by atoms with Crippen LogP contribution in [0.25, 0.3) is 11.6 Å². The fourth-order valence-corrected chi connectivity index (χ4v) is 2.11. The lowest BCUT2D eigenvalue weighted by molar-refractivity contribution is -0.298. The standard InChI is InChI=1S/C17H12O5/c18-12-5-1-10(2-6-12)9-14-16(20)15(17(21)22-14)11-3-7-13(19)8-4-11/h1-9,18-20H/p-1/b14-9-. The van der Waals surface area contributed by atoms with E-state index >= 15 is 0 Å². The highest BCUT2D eigenvalue weighted by Gasteiger charge is 2.25. The first-order valence-corrected chi connectivity index (χ1v) is 6.48. The largest absolute Gasteiger partial charge is 0.869 e. The van der Waals surface area contributed by atoms with Gasteiger partial charge in [0.25, 0.3) is 0 Å². The number of benzene rings is 2. The van der Waals surface area contributed by atoms with E-state index in [2.05, 4.69) is 0 Å². The van der Waals surface area contributed by atoms with Crippen LogP contribution in [0.2, 0.25) is 0 Å². The van der Waals surface area contributed by atoms with Gasteiger partial charge in [0.1, 0.15) is 17.3 Å². The Labute approximate surface area is 126 Å². The number of cyclic esters (lactones) is 1. The third kappa shape index (κ3) is 2.52. The summed E-state index contributed by atoms with van der Waals surface area (Å²) in [6.45, 7) is 0. The molecule has 5 heteroatoms. The van der Waals surface area contributed by atoms with E-state index in [9.17, 15) is 20.1 Å². The monoisotopic (exact) mass is 295 g/mol. The smallest absolute Gasteiger partial charge is 0.343 e. The van der Waals surface area contributed by atoms with Crippen molar-refractivity contribution >= 4 is 17.6 Å². The molecule has 0 fully saturated rings. The van der Waals surface area contributed by atoms with Gasteiger partial charge < -0.3 is 20.1 Å². The molecule has 5 nitrogen and oxygen atoms in total. The molecule has 0 spiro atoms. The molecule has 1 aliphatic rings. The lowest BCUT2D eigenvalue weighted by Crippen LogP contribution is -2.05. The van der Waals surface area contributed by atoms with E-state index in [1.54, 1.807) is 12.1 Å². The molecule has 0 aromatic heterocycles. The highest BCUT2D eigenvalue weighted by molar-refractivity contribution is 6.20.